The molecule has 1 heterocycles. The number of carbonyl (C=O) groups excluding carboxylic acids is 1. The molecule has 0 bridgehead atoms. The van der Waals surface area contributed by atoms with E-state index in [0.29, 0.717) is 11.6 Å². The maximum atomic E-state index is 11.8. The molecule has 0 saturated carbocycles. The SMILES string of the molecule is CCC(C)N(C)C(=O)Cc1csc(N)n1. The van der Waals surface area contributed by atoms with Gasteiger partial charge in [-0.2, -0.15) is 0 Å². The highest BCUT2D eigenvalue weighted by Gasteiger charge is 2.15. The molecule has 1 unspecified atom stereocenters. The second kappa shape index (κ2) is 5.11. The molecular formula is C10H17N3OS. The monoisotopic (exact) mass is 227 g/mol. The Morgan fingerprint density at radius 1 is 1.73 bits per heavy atom. The number of amides is 1. The van der Waals surface area contributed by atoms with E-state index < -0.39 is 0 Å². The van der Waals surface area contributed by atoms with E-state index >= 15 is 0 Å². The average molecular weight is 227 g/mol. The zero-order chi connectivity index (χ0) is 11.4. The van der Waals surface area contributed by atoms with E-state index in [9.17, 15) is 4.79 Å². The second-order valence-electron chi connectivity index (χ2n) is 3.62. The van der Waals surface area contributed by atoms with Crippen LogP contribution in [0.3, 0.4) is 0 Å². The molecule has 84 valence electrons. The van der Waals surface area contributed by atoms with Crippen LogP contribution < -0.4 is 5.73 Å². The number of thiazole rings is 1. The standard InChI is InChI=1S/C10H17N3OS/c1-4-7(2)13(3)9(14)5-8-6-15-10(11)12-8/h6-7H,4-5H2,1-3H3,(H2,11,12). The zero-order valence-corrected chi connectivity index (χ0v) is 10.2. The van der Waals surface area contributed by atoms with Crippen molar-refractivity contribution in [3.05, 3.63) is 11.1 Å². The summed E-state index contributed by atoms with van der Waals surface area (Å²) in [7, 11) is 1.83. The van der Waals surface area contributed by atoms with Crippen LogP contribution in [0.1, 0.15) is 26.0 Å². The van der Waals surface area contributed by atoms with Crippen LogP contribution in [0.4, 0.5) is 5.13 Å². The van der Waals surface area contributed by atoms with Crippen LogP contribution in [-0.2, 0) is 11.2 Å². The molecule has 15 heavy (non-hydrogen) atoms. The Bertz CT molecular complexity index is 337. The molecule has 4 nitrogen and oxygen atoms in total. The van der Waals surface area contributed by atoms with Crippen molar-refractivity contribution in [2.45, 2.75) is 32.7 Å². The minimum Gasteiger partial charge on any atom is -0.375 e. The molecule has 0 aromatic carbocycles. The maximum Gasteiger partial charge on any atom is 0.228 e. The highest BCUT2D eigenvalue weighted by Crippen LogP contribution is 2.12. The summed E-state index contributed by atoms with van der Waals surface area (Å²) < 4.78 is 0. The maximum absolute atomic E-state index is 11.8. The average Bonchev–Trinajstić information content (AvgIpc) is 2.61. The molecule has 1 rings (SSSR count). The van der Waals surface area contributed by atoms with Crippen molar-refractivity contribution in [1.29, 1.82) is 0 Å². The van der Waals surface area contributed by atoms with E-state index in [1.54, 1.807) is 4.90 Å². The van der Waals surface area contributed by atoms with E-state index in [1.165, 1.54) is 11.3 Å². The fourth-order valence-corrected chi connectivity index (χ4v) is 1.77. The third-order valence-electron chi connectivity index (χ3n) is 2.55. The van der Waals surface area contributed by atoms with Gasteiger partial charge >= 0.3 is 0 Å². The van der Waals surface area contributed by atoms with Crippen molar-refractivity contribution in [3.8, 4) is 0 Å². The smallest absolute Gasteiger partial charge is 0.228 e. The number of nitrogens with zero attached hydrogens (tertiary/aromatic N) is 2. The molecule has 0 fully saturated rings. The number of nitrogen functional groups attached to an aromatic ring is 1. The van der Waals surface area contributed by atoms with Gasteiger partial charge in [0.25, 0.3) is 0 Å². The third kappa shape index (κ3) is 3.20. The van der Waals surface area contributed by atoms with Gasteiger partial charge in [-0.1, -0.05) is 6.92 Å². The number of carbonyl (C=O) groups is 1. The largest absolute Gasteiger partial charge is 0.375 e. The predicted molar refractivity (Wildman–Crippen MR) is 62.8 cm³/mol. The Balaban J connectivity index is 2.55. The first-order valence-corrected chi connectivity index (χ1v) is 5.88. The van der Waals surface area contributed by atoms with E-state index in [-0.39, 0.29) is 11.9 Å². The lowest BCUT2D eigenvalue weighted by atomic mass is 10.2. The molecule has 0 radical (unpaired) electrons. The molecule has 0 spiro atoms. The summed E-state index contributed by atoms with van der Waals surface area (Å²) in [6.07, 6.45) is 1.30. The van der Waals surface area contributed by atoms with Gasteiger partial charge in [-0.3, -0.25) is 4.79 Å². The first kappa shape index (κ1) is 12.0. The van der Waals surface area contributed by atoms with Gasteiger partial charge in [0, 0.05) is 18.5 Å². The van der Waals surface area contributed by atoms with Crippen LogP contribution in [0.15, 0.2) is 5.38 Å². The van der Waals surface area contributed by atoms with Gasteiger partial charge in [-0.15, -0.1) is 11.3 Å². The van der Waals surface area contributed by atoms with Crippen LogP contribution in [0, 0.1) is 0 Å². The van der Waals surface area contributed by atoms with Crippen LogP contribution in [0.2, 0.25) is 0 Å². The number of hydrogen-bond acceptors (Lipinski definition) is 4. The van der Waals surface area contributed by atoms with Gasteiger partial charge in [0.05, 0.1) is 12.1 Å². The first-order valence-electron chi connectivity index (χ1n) is 5.00. The van der Waals surface area contributed by atoms with Gasteiger partial charge in [0.15, 0.2) is 5.13 Å². The van der Waals surface area contributed by atoms with Gasteiger partial charge in [0.1, 0.15) is 0 Å². The van der Waals surface area contributed by atoms with Crippen molar-refractivity contribution in [2.75, 3.05) is 12.8 Å². The summed E-state index contributed by atoms with van der Waals surface area (Å²) in [6.45, 7) is 4.10. The van der Waals surface area contributed by atoms with Crippen molar-refractivity contribution < 1.29 is 4.79 Å². The molecule has 5 heteroatoms. The van der Waals surface area contributed by atoms with Crippen molar-refractivity contribution >= 4 is 22.4 Å². The lowest BCUT2D eigenvalue weighted by molar-refractivity contribution is -0.131. The molecular weight excluding hydrogens is 210 g/mol. The minimum absolute atomic E-state index is 0.0923. The third-order valence-corrected chi connectivity index (χ3v) is 3.27. The summed E-state index contributed by atoms with van der Waals surface area (Å²) in [5.74, 6) is 0.0923. The van der Waals surface area contributed by atoms with E-state index in [2.05, 4.69) is 11.9 Å². The van der Waals surface area contributed by atoms with Crippen LogP contribution in [-0.4, -0.2) is 28.9 Å². The van der Waals surface area contributed by atoms with Gasteiger partial charge in [0.2, 0.25) is 5.91 Å². The van der Waals surface area contributed by atoms with Crippen molar-refractivity contribution in [3.63, 3.8) is 0 Å². The second-order valence-corrected chi connectivity index (χ2v) is 4.51. The quantitative estimate of drug-likeness (QED) is 0.848. The molecule has 1 aromatic rings. The minimum atomic E-state index is 0.0923. The van der Waals surface area contributed by atoms with E-state index in [4.69, 9.17) is 5.73 Å². The van der Waals surface area contributed by atoms with Crippen molar-refractivity contribution in [1.82, 2.24) is 9.88 Å². The Morgan fingerprint density at radius 3 is 2.87 bits per heavy atom. The molecule has 0 aliphatic carbocycles. The lowest BCUT2D eigenvalue weighted by Gasteiger charge is -2.23. The number of likely N-dealkylation sites (N-methyl/N-ethyl adjacent to an activating group) is 1. The van der Waals surface area contributed by atoms with Crippen LogP contribution in [0.5, 0.6) is 0 Å². The first-order chi connectivity index (χ1) is 7.04. The van der Waals surface area contributed by atoms with Gasteiger partial charge < -0.3 is 10.6 Å². The Hall–Kier alpha value is -1.10. The molecule has 0 aliphatic heterocycles. The van der Waals surface area contributed by atoms with Gasteiger partial charge in [-0.25, -0.2) is 4.98 Å². The van der Waals surface area contributed by atoms with E-state index in [1.807, 2.05) is 19.4 Å². The number of aromatic nitrogens is 1. The van der Waals surface area contributed by atoms with Crippen LogP contribution in [0.25, 0.3) is 0 Å². The topological polar surface area (TPSA) is 59.2 Å². The molecule has 0 saturated heterocycles. The summed E-state index contributed by atoms with van der Waals surface area (Å²) in [5, 5.41) is 2.35. The number of nitrogens with two attached hydrogens (primary N) is 1. The summed E-state index contributed by atoms with van der Waals surface area (Å²) >= 11 is 1.37. The number of hydrogen-bond donors (Lipinski definition) is 1. The van der Waals surface area contributed by atoms with E-state index in [0.717, 1.165) is 12.1 Å². The summed E-state index contributed by atoms with van der Waals surface area (Å²) in [6, 6.07) is 0.272. The Kier molecular flexibility index (Phi) is 4.08. The summed E-state index contributed by atoms with van der Waals surface area (Å²) in [4.78, 5) is 17.6. The normalized spacial score (nSPS) is 12.5. The highest BCUT2D eigenvalue weighted by molar-refractivity contribution is 7.13. The fourth-order valence-electron chi connectivity index (χ4n) is 1.20. The number of anilines is 1. The highest BCUT2D eigenvalue weighted by atomic mass is 32.1. The molecule has 2 N–H and O–H groups in total. The Labute approximate surface area is 94.1 Å². The van der Waals surface area contributed by atoms with Crippen LogP contribution >= 0.6 is 11.3 Å². The van der Waals surface area contributed by atoms with Gasteiger partial charge in [-0.05, 0) is 13.3 Å². The molecule has 0 aliphatic rings. The lowest BCUT2D eigenvalue weighted by Crippen LogP contribution is -2.35. The molecule has 1 amide bonds. The summed E-state index contributed by atoms with van der Waals surface area (Å²) in [5.41, 5.74) is 6.26. The molecule has 1 atom stereocenters. The Morgan fingerprint density at radius 2 is 2.40 bits per heavy atom. The predicted octanol–water partition coefficient (Wildman–Crippen LogP) is 1.52. The molecule has 1 aromatic heterocycles. The fraction of sp³-hybridized carbons (Fsp3) is 0.600. The number of rotatable bonds is 4. The zero-order valence-electron chi connectivity index (χ0n) is 9.36. The van der Waals surface area contributed by atoms with Crippen molar-refractivity contribution in [2.24, 2.45) is 0 Å².